The highest BCUT2D eigenvalue weighted by Crippen LogP contribution is 2.30. The summed E-state index contributed by atoms with van der Waals surface area (Å²) in [4.78, 5) is 28.4. The third-order valence-corrected chi connectivity index (χ3v) is 3.44. The zero-order valence-electron chi connectivity index (χ0n) is 10.7. The van der Waals surface area contributed by atoms with Gasteiger partial charge in [-0.3, -0.25) is 9.78 Å². The highest BCUT2D eigenvalue weighted by Gasteiger charge is 2.27. The summed E-state index contributed by atoms with van der Waals surface area (Å²) in [7, 11) is 0. The third-order valence-electron chi connectivity index (χ3n) is 3.44. The van der Waals surface area contributed by atoms with Crippen molar-refractivity contribution in [3.63, 3.8) is 0 Å². The number of amides is 1. The van der Waals surface area contributed by atoms with Gasteiger partial charge in [-0.05, 0) is 37.3 Å². The fourth-order valence-electron chi connectivity index (χ4n) is 2.50. The first-order chi connectivity index (χ1) is 9.18. The number of piperidine rings is 1. The molecule has 102 valence electrons. The first-order valence-electron chi connectivity index (χ1n) is 6.57. The van der Waals surface area contributed by atoms with Crippen molar-refractivity contribution in [1.82, 2.24) is 9.88 Å². The summed E-state index contributed by atoms with van der Waals surface area (Å²) >= 11 is 0. The second-order valence-electron chi connectivity index (χ2n) is 4.76. The zero-order chi connectivity index (χ0) is 13.7. The molecule has 5 nitrogen and oxygen atoms in total. The molecule has 5 heteroatoms. The van der Waals surface area contributed by atoms with Crippen molar-refractivity contribution in [2.75, 3.05) is 6.54 Å². The number of rotatable bonds is 4. The van der Waals surface area contributed by atoms with Crippen LogP contribution in [0.2, 0.25) is 0 Å². The molecule has 1 fully saturated rings. The van der Waals surface area contributed by atoms with Gasteiger partial charge in [0.05, 0.1) is 6.04 Å². The number of carboxylic acid groups (broad SMARTS) is 1. The molecule has 0 aliphatic carbocycles. The minimum Gasteiger partial charge on any atom is -0.550 e. The predicted octanol–water partition coefficient (Wildman–Crippen LogP) is 0.665. The number of hydrogen-bond acceptors (Lipinski definition) is 4. The molecule has 2 heterocycles. The fraction of sp³-hybridized carbons (Fsp3) is 0.500. The van der Waals surface area contributed by atoms with E-state index in [1.54, 1.807) is 17.3 Å². The maximum absolute atomic E-state index is 12.1. The molecule has 0 unspecified atom stereocenters. The fourth-order valence-corrected chi connectivity index (χ4v) is 2.50. The van der Waals surface area contributed by atoms with Crippen LogP contribution in [0, 0.1) is 0 Å². The van der Waals surface area contributed by atoms with E-state index in [-0.39, 0.29) is 24.8 Å². The standard InChI is InChI=1S/C14H18N2O3/c17-13(6-7-14(18)19)16-9-2-1-5-12(16)11-4-3-8-15-10-11/h3-4,8,10,12H,1-2,5-7,9H2,(H,18,19)/p-1/t12-/m1/s1. The van der Waals surface area contributed by atoms with Crippen molar-refractivity contribution in [3.8, 4) is 0 Å². The van der Waals surface area contributed by atoms with Crippen molar-refractivity contribution < 1.29 is 14.7 Å². The summed E-state index contributed by atoms with van der Waals surface area (Å²) < 4.78 is 0. The molecule has 1 aromatic heterocycles. The molecule has 1 saturated heterocycles. The Morgan fingerprint density at radius 1 is 1.37 bits per heavy atom. The lowest BCUT2D eigenvalue weighted by Crippen LogP contribution is -2.39. The quantitative estimate of drug-likeness (QED) is 0.798. The minimum atomic E-state index is -1.18. The molecule has 0 saturated carbocycles. The molecule has 0 bridgehead atoms. The van der Waals surface area contributed by atoms with Crippen molar-refractivity contribution in [1.29, 1.82) is 0 Å². The highest BCUT2D eigenvalue weighted by atomic mass is 16.4. The van der Waals surface area contributed by atoms with E-state index in [0.29, 0.717) is 6.54 Å². The molecule has 1 atom stereocenters. The summed E-state index contributed by atoms with van der Waals surface area (Å²) in [5, 5.41) is 10.4. The molecule has 1 aromatic rings. The number of aliphatic carboxylic acids is 1. The first-order valence-corrected chi connectivity index (χ1v) is 6.57. The molecule has 19 heavy (non-hydrogen) atoms. The maximum Gasteiger partial charge on any atom is 0.223 e. The largest absolute Gasteiger partial charge is 0.550 e. The summed E-state index contributed by atoms with van der Waals surface area (Å²) in [5.74, 6) is -1.29. The van der Waals surface area contributed by atoms with Crippen molar-refractivity contribution in [2.45, 2.75) is 38.1 Å². The van der Waals surface area contributed by atoms with E-state index in [2.05, 4.69) is 4.98 Å². The Hall–Kier alpha value is -1.91. The Bertz CT molecular complexity index is 447. The molecule has 0 spiro atoms. The third kappa shape index (κ3) is 3.53. The van der Waals surface area contributed by atoms with Crippen LogP contribution in [-0.4, -0.2) is 28.3 Å². The van der Waals surface area contributed by atoms with Crippen LogP contribution in [0.25, 0.3) is 0 Å². The maximum atomic E-state index is 12.1. The van der Waals surface area contributed by atoms with E-state index in [4.69, 9.17) is 0 Å². The van der Waals surface area contributed by atoms with Crippen LogP contribution < -0.4 is 5.11 Å². The summed E-state index contributed by atoms with van der Waals surface area (Å²) in [5.41, 5.74) is 1.02. The SMILES string of the molecule is O=C([O-])CCC(=O)N1CCCC[C@@H]1c1cccnc1. The van der Waals surface area contributed by atoms with Crippen LogP contribution in [0.4, 0.5) is 0 Å². The van der Waals surface area contributed by atoms with Crippen LogP contribution in [0.5, 0.6) is 0 Å². The molecule has 0 N–H and O–H groups in total. The first kappa shape index (κ1) is 13.5. The minimum absolute atomic E-state index is 0.0130. The Balaban J connectivity index is 2.08. The number of carbonyl (C=O) groups is 2. The van der Waals surface area contributed by atoms with Crippen LogP contribution in [-0.2, 0) is 9.59 Å². The molecule has 1 aliphatic heterocycles. The number of hydrogen-bond donors (Lipinski definition) is 0. The number of aromatic nitrogens is 1. The molecular formula is C14H17N2O3-. The van der Waals surface area contributed by atoms with Gasteiger partial charge in [-0.25, -0.2) is 0 Å². The summed E-state index contributed by atoms with van der Waals surface area (Å²) in [6.07, 6.45) is 6.22. The van der Waals surface area contributed by atoms with Gasteiger partial charge in [-0.1, -0.05) is 6.07 Å². The van der Waals surface area contributed by atoms with Gasteiger partial charge in [0, 0.05) is 31.3 Å². The highest BCUT2D eigenvalue weighted by molar-refractivity contribution is 5.80. The Kier molecular flexibility index (Phi) is 4.49. The van der Waals surface area contributed by atoms with Gasteiger partial charge in [0.1, 0.15) is 0 Å². The van der Waals surface area contributed by atoms with E-state index >= 15 is 0 Å². The molecule has 0 aromatic carbocycles. The number of carboxylic acids is 1. The van der Waals surface area contributed by atoms with Crippen molar-refractivity contribution >= 4 is 11.9 Å². The topological polar surface area (TPSA) is 73.3 Å². The Morgan fingerprint density at radius 2 is 2.21 bits per heavy atom. The smallest absolute Gasteiger partial charge is 0.223 e. The van der Waals surface area contributed by atoms with E-state index in [1.165, 1.54) is 0 Å². The molecule has 0 radical (unpaired) electrons. The van der Waals surface area contributed by atoms with Gasteiger partial charge in [0.15, 0.2) is 0 Å². The average Bonchev–Trinajstić information content (AvgIpc) is 2.45. The second kappa shape index (κ2) is 6.31. The van der Waals surface area contributed by atoms with Crippen LogP contribution >= 0.6 is 0 Å². The average molecular weight is 261 g/mol. The van der Waals surface area contributed by atoms with Crippen LogP contribution in [0.3, 0.4) is 0 Å². The van der Waals surface area contributed by atoms with E-state index < -0.39 is 5.97 Å². The van der Waals surface area contributed by atoms with Crippen molar-refractivity contribution in [2.24, 2.45) is 0 Å². The summed E-state index contributed by atoms with van der Waals surface area (Å²) in [6.45, 7) is 0.686. The number of pyridine rings is 1. The van der Waals surface area contributed by atoms with Gasteiger partial charge in [0.2, 0.25) is 5.91 Å². The number of nitrogens with zero attached hydrogens (tertiary/aromatic N) is 2. The second-order valence-corrected chi connectivity index (χ2v) is 4.76. The zero-order valence-corrected chi connectivity index (χ0v) is 10.7. The van der Waals surface area contributed by atoms with Gasteiger partial charge >= 0.3 is 0 Å². The number of likely N-dealkylation sites (tertiary alicyclic amines) is 1. The number of carbonyl (C=O) groups excluding carboxylic acids is 2. The van der Waals surface area contributed by atoms with Gasteiger partial charge in [0.25, 0.3) is 0 Å². The van der Waals surface area contributed by atoms with Crippen LogP contribution in [0.15, 0.2) is 24.5 Å². The van der Waals surface area contributed by atoms with E-state index in [1.807, 2.05) is 12.1 Å². The molecule has 1 aliphatic rings. The van der Waals surface area contributed by atoms with Gasteiger partial charge in [-0.2, -0.15) is 0 Å². The Morgan fingerprint density at radius 3 is 2.89 bits per heavy atom. The Labute approximate surface area is 112 Å². The van der Waals surface area contributed by atoms with E-state index in [9.17, 15) is 14.7 Å². The lowest BCUT2D eigenvalue weighted by atomic mass is 9.96. The monoisotopic (exact) mass is 261 g/mol. The van der Waals surface area contributed by atoms with Crippen LogP contribution in [0.1, 0.15) is 43.7 Å². The van der Waals surface area contributed by atoms with E-state index in [0.717, 1.165) is 24.8 Å². The normalized spacial score (nSPS) is 19.2. The molecule has 2 rings (SSSR count). The van der Waals surface area contributed by atoms with Crippen molar-refractivity contribution in [3.05, 3.63) is 30.1 Å². The molecular weight excluding hydrogens is 244 g/mol. The van der Waals surface area contributed by atoms with Gasteiger partial charge in [-0.15, -0.1) is 0 Å². The lowest BCUT2D eigenvalue weighted by molar-refractivity contribution is -0.305. The lowest BCUT2D eigenvalue weighted by Gasteiger charge is -2.36. The predicted molar refractivity (Wildman–Crippen MR) is 66.8 cm³/mol. The summed E-state index contributed by atoms with van der Waals surface area (Å²) in [6, 6.07) is 3.84. The molecule has 1 amide bonds. The van der Waals surface area contributed by atoms with Gasteiger partial charge < -0.3 is 14.8 Å².